The molecule has 1 unspecified atom stereocenters. The maximum Gasteiger partial charge on any atom is 0.408 e. The number of nitrogens with zero attached hydrogens (tertiary/aromatic N) is 1. The Kier molecular flexibility index (Phi) is 3.85. The van der Waals surface area contributed by atoms with Gasteiger partial charge in [0.1, 0.15) is 11.9 Å². The normalized spacial score (nSPS) is 14.2. The van der Waals surface area contributed by atoms with Crippen LogP contribution < -0.4 is 0 Å². The van der Waals surface area contributed by atoms with Gasteiger partial charge in [-0.2, -0.15) is 13.2 Å². The monoisotopic (exact) mass is 253 g/mol. The van der Waals surface area contributed by atoms with Gasteiger partial charge in [0.05, 0.1) is 0 Å². The second-order valence-electron chi connectivity index (χ2n) is 3.53. The summed E-state index contributed by atoms with van der Waals surface area (Å²) in [7, 11) is 1.18. The Bertz CT molecular complexity index is 376. The van der Waals surface area contributed by atoms with Crippen molar-refractivity contribution in [2.45, 2.75) is 19.1 Å². The third kappa shape index (κ3) is 2.89. The number of hydrogen-bond acceptors (Lipinski definition) is 2. The average Bonchev–Trinajstić information content (AvgIpc) is 2.08. The molecule has 0 saturated carbocycles. The Labute approximate surface area is 96.6 Å². The van der Waals surface area contributed by atoms with Crippen molar-refractivity contribution in [1.29, 1.82) is 0 Å². The second kappa shape index (κ2) is 4.63. The van der Waals surface area contributed by atoms with E-state index in [-0.39, 0.29) is 5.56 Å². The van der Waals surface area contributed by atoms with Gasteiger partial charge in [0.15, 0.2) is 0 Å². The summed E-state index contributed by atoms with van der Waals surface area (Å²) < 4.78 is 51.9. The smallest absolute Gasteiger partial charge is 0.240 e. The highest BCUT2D eigenvalue weighted by Crippen LogP contribution is 2.38. The van der Waals surface area contributed by atoms with E-state index in [1.165, 1.54) is 26.1 Å². The van der Waals surface area contributed by atoms with Crippen LogP contribution in [0.4, 0.5) is 17.6 Å². The molecule has 0 aliphatic carbocycles. The van der Waals surface area contributed by atoms with Gasteiger partial charge in [-0.3, -0.25) is 0 Å². The van der Waals surface area contributed by atoms with E-state index in [9.17, 15) is 17.6 Å². The first-order chi connectivity index (χ1) is 7.23. The lowest BCUT2D eigenvalue weighted by Gasteiger charge is -2.26. The van der Waals surface area contributed by atoms with Crippen molar-refractivity contribution in [2.75, 3.05) is 7.05 Å². The molecule has 0 amide bonds. The predicted octanol–water partition coefficient (Wildman–Crippen LogP) is 3.51. The minimum absolute atomic E-state index is 0.159. The maximum atomic E-state index is 13.2. The number of thiol groups is 1. The molecule has 16 heavy (non-hydrogen) atoms. The lowest BCUT2D eigenvalue weighted by molar-refractivity contribution is -0.169. The molecule has 0 radical (unpaired) electrons. The van der Waals surface area contributed by atoms with Crippen LogP contribution in [-0.2, 0) is 0 Å². The van der Waals surface area contributed by atoms with E-state index in [0.29, 0.717) is 9.87 Å². The fourth-order valence-corrected chi connectivity index (χ4v) is 1.66. The van der Waals surface area contributed by atoms with E-state index in [2.05, 4.69) is 12.8 Å². The molecule has 0 spiro atoms. The Morgan fingerprint density at radius 3 is 2.25 bits per heavy atom. The summed E-state index contributed by atoms with van der Waals surface area (Å²) in [4.78, 5) is 0. The van der Waals surface area contributed by atoms with Gasteiger partial charge in [-0.25, -0.2) is 8.70 Å². The van der Waals surface area contributed by atoms with E-state index >= 15 is 0 Å². The van der Waals surface area contributed by atoms with Crippen LogP contribution in [-0.4, -0.2) is 17.5 Å². The Hall–Kier alpha value is -0.750. The van der Waals surface area contributed by atoms with Crippen LogP contribution in [0.25, 0.3) is 0 Å². The molecule has 1 aromatic carbocycles. The molecule has 0 saturated heterocycles. The number of hydrogen-bond donors (Lipinski definition) is 1. The summed E-state index contributed by atoms with van der Waals surface area (Å²) in [5.74, 6) is -0.651. The molecule has 90 valence electrons. The van der Waals surface area contributed by atoms with Crippen LogP contribution in [0.15, 0.2) is 18.2 Å². The molecule has 0 heterocycles. The molecule has 1 rings (SSSR count). The minimum atomic E-state index is -4.49. The van der Waals surface area contributed by atoms with Gasteiger partial charge >= 0.3 is 6.18 Å². The Balaban J connectivity index is 3.17. The molecule has 0 aromatic heterocycles. The number of benzene rings is 1. The first kappa shape index (κ1) is 13.3. The van der Waals surface area contributed by atoms with Crippen LogP contribution in [0, 0.1) is 12.7 Å². The zero-order chi connectivity index (χ0) is 12.5. The molecular weight excluding hydrogens is 242 g/mol. The number of rotatable bonds is 2. The molecule has 0 fully saturated rings. The standard InChI is InChI=1S/C10H11F4NS/c1-6-3-4-7(5-8(6)11)9(15(2)16)10(12,13)14/h3-5,9,16H,1-2H3. The van der Waals surface area contributed by atoms with Crippen LogP contribution in [0.3, 0.4) is 0 Å². The fraction of sp³-hybridized carbons (Fsp3) is 0.400. The van der Waals surface area contributed by atoms with E-state index in [0.717, 1.165) is 6.07 Å². The van der Waals surface area contributed by atoms with Crippen molar-refractivity contribution in [3.63, 3.8) is 0 Å². The molecule has 1 atom stereocenters. The van der Waals surface area contributed by atoms with E-state index in [1.54, 1.807) is 0 Å². The van der Waals surface area contributed by atoms with Gasteiger partial charge in [-0.05, 0) is 31.2 Å². The molecule has 1 aromatic rings. The van der Waals surface area contributed by atoms with E-state index < -0.39 is 18.0 Å². The third-order valence-corrected chi connectivity index (χ3v) is 2.43. The van der Waals surface area contributed by atoms with Crippen LogP contribution in [0.5, 0.6) is 0 Å². The number of halogens is 4. The minimum Gasteiger partial charge on any atom is -0.240 e. The summed E-state index contributed by atoms with van der Waals surface area (Å²) in [6.07, 6.45) is -4.49. The van der Waals surface area contributed by atoms with Gasteiger partial charge in [0.2, 0.25) is 0 Å². The lowest BCUT2D eigenvalue weighted by atomic mass is 10.0. The molecule has 6 heteroatoms. The Morgan fingerprint density at radius 2 is 1.88 bits per heavy atom. The highest BCUT2D eigenvalue weighted by molar-refractivity contribution is 7.77. The van der Waals surface area contributed by atoms with Crippen molar-refractivity contribution in [3.8, 4) is 0 Å². The van der Waals surface area contributed by atoms with Gasteiger partial charge in [0.25, 0.3) is 0 Å². The zero-order valence-corrected chi connectivity index (χ0v) is 9.61. The van der Waals surface area contributed by atoms with Crippen molar-refractivity contribution >= 4 is 12.8 Å². The molecule has 0 N–H and O–H groups in total. The Morgan fingerprint density at radius 1 is 1.31 bits per heavy atom. The van der Waals surface area contributed by atoms with Gasteiger partial charge < -0.3 is 0 Å². The van der Waals surface area contributed by atoms with Gasteiger partial charge in [-0.1, -0.05) is 24.9 Å². The molecule has 0 aliphatic rings. The van der Waals surface area contributed by atoms with Crippen LogP contribution in [0.1, 0.15) is 17.2 Å². The van der Waals surface area contributed by atoms with E-state index in [1.807, 2.05) is 0 Å². The van der Waals surface area contributed by atoms with Crippen LogP contribution in [0.2, 0.25) is 0 Å². The first-order valence-electron chi connectivity index (χ1n) is 4.48. The topological polar surface area (TPSA) is 3.24 Å². The van der Waals surface area contributed by atoms with Crippen molar-refractivity contribution in [3.05, 3.63) is 35.1 Å². The molecule has 0 aliphatic heterocycles. The molecule has 0 bridgehead atoms. The predicted molar refractivity (Wildman–Crippen MR) is 56.7 cm³/mol. The van der Waals surface area contributed by atoms with E-state index in [4.69, 9.17) is 0 Å². The quantitative estimate of drug-likeness (QED) is 0.623. The zero-order valence-electron chi connectivity index (χ0n) is 8.72. The molecular formula is C10H11F4NS. The molecule has 1 nitrogen and oxygen atoms in total. The number of aryl methyl sites for hydroxylation is 1. The largest absolute Gasteiger partial charge is 0.408 e. The SMILES string of the molecule is Cc1ccc(C(N(C)S)C(F)(F)F)cc1F. The first-order valence-corrected chi connectivity index (χ1v) is 4.88. The summed E-state index contributed by atoms with van der Waals surface area (Å²) >= 11 is 3.65. The van der Waals surface area contributed by atoms with Gasteiger partial charge in [-0.15, -0.1) is 0 Å². The third-order valence-electron chi connectivity index (χ3n) is 2.20. The number of alkyl halides is 3. The van der Waals surface area contributed by atoms with Crippen molar-refractivity contribution in [2.24, 2.45) is 0 Å². The van der Waals surface area contributed by atoms with Crippen LogP contribution >= 0.6 is 12.8 Å². The highest BCUT2D eigenvalue weighted by Gasteiger charge is 2.43. The highest BCUT2D eigenvalue weighted by atomic mass is 32.1. The maximum absolute atomic E-state index is 13.2. The lowest BCUT2D eigenvalue weighted by Crippen LogP contribution is -2.30. The summed E-state index contributed by atoms with van der Waals surface area (Å²) in [5, 5.41) is 0. The summed E-state index contributed by atoms with van der Waals surface area (Å²) in [6, 6.07) is 1.55. The van der Waals surface area contributed by atoms with Crippen molar-refractivity contribution < 1.29 is 17.6 Å². The second-order valence-corrected chi connectivity index (χ2v) is 4.16. The van der Waals surface area contributed by atoms with Gasteiger partial charge in [0, 0.05) is 0 Å². The average molecular weight is 253 g/mol. The van der Waals surface area contributed by atoms with Crippen molar-refractivity contribution in [1.82, 2.24) is 4.31 Å². The summed E-state index contributed by atoms with van der Waals surface area (Å²) in [6.45, 7) is 1.49. The summed E-state index contributed by atoms with van der Waals surface area (Å²) in [5.41, 5.74) is 0.152. The fourth-order valence-electron chi connectivity index (χ4n) is 1.40.